The molecule has 7 nitrogen and oxygen atoms in total. The Bertz CT molecular complexity index is 1120. The van der Waals surface area contributed by atoms with Gasteiger partial charge in [0.2, 0.25) is 0 Å². The van der Waals surface area contributed by atoms with Crippen molar-refractivity contribution in [1.82, 2.24) is 4.98 Å². The summed E-state index contributed by atoms with van der Waals surface area (Å²) in [5, 5.41) is 2.37. The lowest BCUT2D eigenvalue weighted by Crippen LogP contribution is -2.62. The fourth-order valence-electron chi connectivity index (χ4n) is 3.39. The molecule has 1 unspecified atom stereocenters. The van der Waals surface area contributed by atoms with Gasteiger partial charge in [-0.15, -0.1) is 0 Å². The van der Waals surface area contributed by atoms with Crippen LogP contribution in [-0.4, -0.2) is 41.2 Å². The van der Waals surface area contributed by atoms with Crippen molar-refractivity contribution in [3.05, 3.63) is 53.6 Å². The highest BCUT2D eigenvalue weighted by atomic mass is 19.4. The van der Waals surface area contributed by atoms with E-state index >= 15 is 8.78 Å². The minimum Gasteiger partial charge on any atom is -0.483 e. The predicted octanol–water partition coefficient (Wildman–Crippen LogP) is 4.39. The molecule has 0 saturated carbocycles. The van der Waals surface area contributed by atoms with E-state index in [2.05, 4.69) is 20.0 Å². The summed E-state index contributed by atoms with van der Waals surface area (Å²) in [5.74, 6) is -5.77. The first kappa shape index (κ1) is 25.1. The SMILES string of the molecule is CC1(C)OC(N)=NC(C)(c2cc(NC(=O)c3ccc(OCC(F)(F)F)cn3)ccc2F)C1(F)F. The van der Waals surface area contributed by atoms with Crippen LogP contribution in [0.1, 0.15) is 36.8 Å². The van der Waals surface area contributed by atoms with Gasteiger partial charge in [0.15, 0.2) is 17.7 Å². The second-order valence-electron chi connectivity index (χ2n) is 8.14. The number of alkyl halides is 5. The van der Waals surface area contributed by atoms with Gasteiger partial charge in [-0.25, -0.2) is 14.4 Å². The Kier molecular flexibility index (Phi) is 6.18. The molecule has 0 saturated heterocycles. The number of carbonyl (C=O) groups excluding carboxylic acids is 1. The number of ether oxygens (including phenoxy) is 2. The summed E-state index contributed by atoms with van der Waals surface area (Å²) in [6, 6.07) is 4.66. The van der Waals surface area contributed by atoms with E-state index in [-0.39, 0.29) is 17.1 Å². The lowest BCUT2D eigenvalue weighted by molar-refractivity contribution is -0.207. The van der Waals surface area contributed by atoms with Gasteiger partial charge in [0, 0.05) is 11.3 Å². The summed E-state index contributed by atoms with van der Waals surface area (Å²) < 4.78 is 91.3. The molecule has 1 aromatic carbocycles. The Balaban J connectivity index is 1.86. The number of rotatable bonds is 5. The monoisotopic (exact) mass is 490 g/mol. The molecule has 1 amide bonds. The Hall–Kier alpha value is -3.51. The van der Waals surface area contributed by atoms with E-state index in [0.717, 1.165) is 57.3 Å². The van der Waals surface area contributed by atoms with Gasteiger partial charge in [-0.2, -0.15) is 22.0 Å². The molecular weight excluding hydrogens is 470 g/mol. The molecule has 184 valence electrons. The van der Waals surface area contributed by atoms with Gasteiger partial charge in [0.1, 0.15) is 17.3 Å². The maximum absolute atomic E-state index is 15.3. The van der Waals surface area contributed by atoms with E-state index in [9.17, 15) is 22.4 Å². The minimum absolute atomic E-state index is 0.0595. The average molecular weight is 490 g/mol. The van der Waals surface area contributed by atoms with Crippen molar-refractivity contribution in [2.45, 2.75) is 44.0 Å². The molecule has 3 N–H and O–H groups in total. The number of aromatic nitrogens is 1. The topological polar surface area (TPSA) is 98.8 Å². The van der Waals surface area contributed by atoms with Gasteiger partial charge in [-0.1, -0.05) is 0 Å². The zero-order valence-electron chi connectivity index (χ0n) is 18.1. The van der Waals surface area contributed by atoms with E-state index in [1.165, 1.54) is 0 Å². The van der Waals surface area contributed by atoms with Crippen molar-refractivity contribution < 1.29 is 40.6 Å². The standard InChI is InChI=1S/C21H20F6N4O3/c1-18(2)21(26,27)19(3,31-17(28)34-18)13-8-11(4-6-14(13)22)30-16(32)15-7-5-12(9-29-15)33-10-20(23,24)25/h4-9H,10H2,1-3H3,(H2,28,31)(H,30,32). The van der Waals surface area contributed by atoms with Crippen LogP contribution in [-0.2, 0) is 10.3 Å². The number of hydrogen-bond acceptors (Lipinski definition) is 6. The van der Waals surface area contributed by atoms with Gasteiger partial charge in [0.05, 0.1) is 6.20 Å². The largest absolute Gasteiger partial charge is 0.483 e. The predicted molar refractivity (Wildman–Crippen MR) is 109 cm³/mol. The number of aliphatic imine (C=N–C) groups is 1. The van der Waals surface area contributed by atoms with Crippen molar-refractivity contribution in [3.63, 3.8) is 0 Å². The molecule has 13 heteroatoms. The van der Waals surface area contributed by atoms with Crippen molar-refractivity contribution in [3.8, 4) is 5.75 Å². The fourth-order valence-corrected chi connectivity index (χ4v) is 3.39. The third kappa shape index (κ3) is 4.73. The minimum atomic E-state index is -4.54. The fraction of sp³-hybridized carbons (Fsp3) is 0.381. The van der Waals surface area contributed by atoms with E-state index < -0.39 is 53.2 Å². The van der Waals surface area contributed by atoms with E-state index in [1.54, 1.807) is 0 Å². The Labute approximate surface area is 190 Å². The number of halogens is 6. The molecule has 2 heterocycles. The van der Waals surface area contributed by atoms with Gasteiger partial charge < -0.3 is 20.5 Å². The Morgan fingerprint density at radius 2 is 1.85 bits per heavy atom. The molecule has 1 atom stereocenters. The number of nitrogens with one attached hydrogen (secondary N) is 1. The molecule has 1 aliphatic heterocycles. The third-order valence-corrected chi connectivity index (χ3v) is 5.18. The molecule has 0 aliphatic carbocycles. The summed E-state index contributed by atoms with van der Waals surface area (Å²) in [6.07, 6.45) is -3.63. The summed E-state index contributed by atoms with van der Waals surface area (Å²) in [6.45, 7) is 1.64. The van der Waals surface area contributed by atoms with Crippen LogP contribution in [0.4, 0.5) is 32.0 Å². The summed E-state index contributed by atoms with van der Waals surface area (Å²) in [4.78, 5) is 19.9. The quantitative estimate of drug-likeness (QED) is 0.606. The van der Waals surface area contributed by atoms with Crippen LogP contribution in [0.5, 0.6) is 5.75 Å². The number of carbonyl (C=O) groups is 1. The highest BCUT2D eigenvalue weighted by molar-refractivity contribution is 6.02. The summed E-state index contributed by atoms with van der Waals surface area (Å²) >= 11 is 0. The molecule has 0 radical (unpaired) electrons. The highest BCUT2D eigenvalue weighted by Gasteiger charge is 2.66. The Morgan fingerprint density at radius 3 is 2.44 bits per heavy atom. The molecule has 1 aliphatic rings. The van der Waals surface area contributed by atoms with E-state index in [4.69, 9.17) is 10.5 Å². The average Bonchev–Trinajstić information content (AvgIpc) is 2.71. The smallest absolute Gasteiger partial charge is 0.422 e. The van der Waals surface area contributed by atoms with Crippen LogP contribution in [0.2, 0.25) is 0 Å². The number of benzene rings is 1. The first-order chi connectivity index (χ1) is 15.6. The van der Waals surface area contributed by atoms with Crippen LogP contribution in [0.15, 0.2) is 41.5 Å². The van der Waals surface area contributed by atoms with Crippen LogP contribution < -0.4 is 15.8 Å². The normalized spacial score (nSPS) is 21.3. The molecule has 3 rings (SSSR count). The number of amides is 1. The van der Waals surface area contributed by atoms with Crippen molar-refractivity contribution in [1.29, 1.82) is 0 Å². The summed E-state index contributed by atoms with van der Waals surface area (Å²) in [5.41, 5.74) is 0.183. The number of nitrogens with two attached hydrogens (primary N) is 1. The van der Waals surface area contributed by atoms with Gasteiger partial charge >= 0.3 is 12.1 Å². The molecule has 2 aromatic rings. The molecule has 0 fully saturated rings. The lowest BCUT2D eigenvalue weighted by Gasteiger charge is -2.46. The number of hydrogen-bond donors (Lipinski definition) is 2. The second-order valence-corrected chi connectivity index (χ2v) is 8.14. The maximum Gasteiger partial charge on any atom is 0.422 e. The van der Waals surface area contributed by atoms with Crippen LogP contribution in [0.3, 0.4) is 0 Å². The third-order valence-electron chi connectivity index (χ3n) is 5.18. The maximum atomic E-state index is 15.3. The molecular formula is C21H20F6N4O3. The van der Waals surface area contributed by atoms with Gasteiger partial charge in [0.25, 0.3) is 11.9 Å². The molecule has 34 heavy (non-hydrogen) atoms. The number of anilines is 1. The second kappa shape index (κ2) is 8.37. The van der Waals surface area contributed by atoms with Crippen molar-refractivity contribution in [2.24, 2.45) is 10.7 Å². The van der Waals surface area contributed by atoms with E-state index in [1.807, 2.05) is 0 Å². The molecule has 1 aromatic heterocycles. The first-order valence-electron chi connectivity index (χ1n) is 9.75. The first-order valence-corrected chi connectivity index (χ1v) is 9.75. The zero-order valence-corrected chi connectivity index (χ0v) is 18.1. The van der Waals surface area contributed by atoms with Crippen LogP contribution in [0, 0.1) is 5.82 Å². The van der Waals surface area contributed by atoms with Gasteiger partial charge in [-0.3, -0.25) is 4.79 Å². The molecule has 0 bridgehead atoms. The van der Waals surface area contributed by atoms with Crippen LogP contribution in [0.25, 0.3) is 0 Å². The van der Waals surface area contributed by atoms with E-state index in [0.29, 0.717) is 0 Å². The number of pyridine rings is 1. The van der Waals surface area contributed by atoms with Gasteiger partial charge in [-0.05, 0) is 51.1 Å². The number of nitrogens with zero attached hydrogens (tertiary/aromatic N) is 2. The summed E-state index contributed by atoms with van der Waals surface area (Å²) in [7, 11) is 0. The molecule has 0 spiro atoms. The van der Waals surface area contributed by atoms with Crippen molar-refractivity contribution in [2.75, 3.05) is 11.9 Å². The number of amidine groups is 1. The lowest BCUT2D eigenvalue weighted by atomic mass is 9.77. The van der Waals surface area contributed by atoms with Crippen LogP contribution >= 0.6 is 0 Å². The zero-order chi connectivity index (χ0) is 25.5. The highest BCUT2D eigenvalue weighted by Crippen LogP contribution is 2.51. The Morgan fingerprint density at radius 1 is 1.18 bits per heavy atom. The van der Waals surface area contributed by atoms with Crippen molar-refractivity contribution >= 4 is 17.6 Å².